The average molecular weight is 306 g/mol. The van der Waals surface area contributed by atoms with Gasteiger partial charge >= 0.3 is 5.97 Å². The molecule has 0 radical (unpaired) electrons. The van der Waals surface area contributed by atoms with Gasteiger partial charge in [0.15, 0.2) is 0 Å². The van der Waals surface area contributed by atoms with E-state index >= 15 is 0 Å². The molecule has 22 heavy (non-hydrogen) atoms. The monoisotopic (exact) mass is 306 g/mol. The molecule has 1 heterocycles. The van der Waals surface area contributed by atoms with Crippen LogP contribution in [0.2, 0.25) is 0 Å². The fourth-order valence-electron chi connectivity index (χ4n) is 3.23. The minimum Gasteiger partial charge on any atom is -0.496 e. The summed E-state index contributed by atoms with van der Waals surface area (Å²) >= 11 is 0. The summed E-state index contributed by atoms with van der Waals surface area (Å²) in [6, 6.07) is 3.60. The quantitative estimate of drug-likeness (QED) is 0.797. The second kappa shape index (κ2) is 5.12. The number of ether oxygens (including phenoxy) is 5. The Bertz CT molecular complexity index is 628. The first-order valence-electron chi connectivity index (χ1n) is 6.93. The van der Waals surface area contributed by atoms with Crippen molar-refractivity contribution in [2.75, 3.05) is 21.3 Å². The standard InChI is InChI=1S/C16H18O6/c1-9-21-16(22-9)8-10(15(17)20-4)7-11-12(18-2)5-6-13(19-3)14(11)16/h5-6,10H,1,7-8H2,2-4H3. The second-order valence-electron chi connectivity index (χ2n) is 5.28. The number of methoxy groups -OCH3 is 3. The van der Waals surface area contributed by atoms with Crippen LogP contribution in [0.15, 0.2) is 24.7 Å². The molecule has 6 nitrogen and oxygen atoms in total. The number of carbonyl (C=O) groups is 1. The maximum Gasteiger partial charge on any atom is 0.309 e. The molecule has 118 valence electrons. The molecule has 1 unspecified atom stereocenters. The smallest absolute Gasteiger partial charge is 0.309 e. The van der Waals surface area contributed by atoms with E-state index in [0.717, 1.165) is 11.1 Å². The minimum atomic E-state index is -1.07. The summed E-state index contributed by atoms with van der Waals surface area (Å²) in [7, 11) is 4.53. The first-order valence-corrected chi connectivity index (χ1v) is 6.93. The lowest BCUT2D eigenvalue weighted by Gasteiger charge is -2.48. The summed E-state index contributed by atoms with van der Waals surface area (Å²) in [6.07, 6.45) is 0.818. The molecule has 1 aromatic rings. The number of carbonyl (C=O) groups excluding carboxylic acids is 1. The van der Waals surface area contributed by atoms with Gasteiger partial charge in [0, 0.05) is 12.0 Å². The van der Waals surface area contributed by atoms with Crippen molar-refractivity contribution in [1.29, 1.82) is 0 Å². The van der Waals surface area contributed by atoms with Gasteiger partial charge in [-0.3, -0.25) is 4.79 Å². The normalized spacial score (nSPS) is 21.0. The minimum absolute atomic E-state index is 0.223. The molecule has 2 aliphatic rings. The third-order valence-corrected chi connectivity index (χ3v) is 4.11. The molecule has 1 spiro atoms. The predicted molar refractivity (Wildman–Crippen MR) is 76.4 cm³/mol. The summed E-state index contributed by atoms with van der Waals surface area (Å²) in [5.74, 6) is -0.240. The zero-order valence-electron chi connectivity index (χ0n) is 12.8. The molecule has 6 heteroatoms. The van der Waals surface area contributed by atoms with E-state index in [1.165, 1.54) is 7.11 Å². The van der Waals surface area contributed by atoms with E-state index in [4.69, 9.17) is 23.7 Å². The van der Waals surface area contributed by atoms with Gasteiger partial charge in [0.2, 0.25) is 0 Å². The molecule has 0 amide bonds. The highest BCUT2D eigenvalue weighted by Crippen LogP contribution is 2.55. The Labute approximate surface area is 128 Å². The Morgan fingerprint density at radius 1 is 1.23 bits per heavy atom. The van der Waals surface area contributed by atoms with Crippen LogP contribution in [-0.4, -0.2) is 27.3 Å². The van der Waals surface area contributed by atoms with Gasteiger partial charge in [0.05, 0.1) is 32.8 Å². The van der Waals surface area contributed by atoms with Crippen LogP contribution in [0.1, 0.15) is 17.5 Å². The number of esters is 1. The maximum absolute atomic E-state index is 12.0. The van der Waals surface area contributed by atoms with Crippen LogP contribution in [0.25, 0.3) is 0 Å². The van der Waals surface area contributed by atoms with E-state index in [1.54, 1.807) is 26.4 Å². The number of rotatable bonds is 3. The lowest BCUT2D eigenvalue weighted by Crippen LogP contribution is -2.48. The van der Waals surface area contributed by atoms with Gasteiger partial charge in [-0.25, -0.2) is 0 Å². The number of benzene rings is 1. The third-order valence-electron chi connectivity index (χ3n) is 4.11. The van der Waals surface area contributed by atoms with E-state index < -0.39 is 5.79 Å². The fourth-order valence-corrected chi connectivity index (χ4v) is 3.23. The van der Waals surface area contributed by atoms with Crippen molar-refractivity contribution in [3.05, 3.63) is 35.8 Å². The predicted octanol–water partition coefficient (Wildman–Crippen LogP) is 2.11. The van der Waals surface area contributed by atoms with E-state index in [2.05, 4.69) is 6.58 Å². The van der Waals surface area contributed by atoms with Gasteiger partial charge in [0.25, 0.3) is 11.7 Å². The Kier molecular flexibility index (Phi) is 3.39. The van der Waals surface area contributed by atoms with Crippen molar-refractivity contribution in [2.24, 2.45) is 5.92 Å². The molecule has 0 aromatic heterocycles. The number of hydrogen-bond acceptors (Lipinski definition) is 6. The van der Waals surface area contributed by atoms with Crippen LogP contribution in [0.4, 0.5) is 0 Å². The van der Waals surface area contributed by atoms with Crippen LogP contribution in [0.5, 0.6) is 11.5 Å². The van der Waals surface area contributed by atoms with Crippen LogP contribution in [0, 0.1) is 5.92 Å². The third kappa shape index (κ3) is 1.98. The lowest BCUT2D eigenvalue weighted by molar-refractivity contribution is -0.354. The summed E-state index contributed by atoms with van der Waals surface area (Å²) < 4.78 is 27.1. The SMILES string of the molecule is C=C1OC2(CC(C(=O)OC)Cc3c(OC)ccc(OC)c32)O1. The summed E-state index contributed by atoms with van der Waals surface area (Å²) in [5, 5.41) is 0. The zero-order chi connectivity index (χ0) is 15.9. The topological polar surface area (TPSA) is 63.2 Å². The molecule has 0 bridgehead atoms. The van der Waals surface area contributed by atoms with E-state index in [-0.39, 0.29) is 17.8 Å². The van der Waals surface area contributed by atoms with Crippen LogP contribution in [0.3, 0.4) is 0 Å². The molecular formula is C16H18O6. The molecule has 1 atom stereocenters. The Hall–Kier alpha value is -2.37. The maximum atomic E-state index is 12.0. The van der Waals surface area contributed by atoms with Gasteiger partial charge in [-0.05, 0) is 25.1 Å². The van der Waals surface area contributed by atoms with Gasteiger partial charge < -0.3 is 23.7 Å². The van der Waals surface area contributed by atoms with Gasteiger partial charge in [-0.1, -0.05) is 0 Å². The first kappa shape index (κ1) is 14.6. The molecule has 1 aromatic carbocycles. The van der Waals surface area contributed by atoms with E-state index in [9.17, 15) is 4.79 Å². The fraction of sp³-hybridized carbons (Fsp3) is 0.438. The van der Waals surface area contributed by atoms with Crippen LogP contribution < -0.4 is 9.47 Å². The van der Waals surface area contributed by atoms with Crippen molar-refractivity contribution in [1.82, 2.24) is 0 Å². The molecular weight excluding hydrogens is 288 g/mol. The molecule has 1 aliphatic heterocycles. The molecule has 1 saturated heterocycles. The van der Waals surface area contributed by atoms with Crippen molar-refractivity contribution >= 4 is 5.97 Å². The Balaban J connectivity index is 2.15. The molecule has 0 saturated carbocycles. The van der Waals surface area contributed by atoms with Crippen molar-refractivity contribution in [2.45, 2.75) is 18.6 Å². The van der Waals surface area contributed by atoms with Gasteiger partial charge in [-0.2, -0.15) is 0 Å². The molecule has 3 rings (SSSR count). The van der Waals surface area contributed by atoms with E-state index in [0.29, 0.717) is 24.3 Å². The number of hydrogen-bond donors (Lipinski definition) is 0. The van der Waals surface area contributed by atoms with Gasteiger partial charge in [0.1, 0.15) is 11.5 Å². The van der Waals surface area contributed by atoms with E-state index in [1.807, 2.05) is 0 Å². The highest BCUT2D eigenvalue weighted by atomic mass is 16.9. The van der Waals surface area contributed by atoms with Crippen molar-refractivity contribution in [3.8, 4) is 11.5 Å². The first-order chi connectivity index (χ1) is 10.5. The molecule has 1 aliphatic carbocycles. The Morgan fingerprint density at radius 2 is 1.86 bits per heavy atom. The highest BCUT2D eigenvalue weighted by molar-refractivity contribution is 5.74. The second-order valence-corrected chi connectivity index (χ2v) is 5.28. The van der Waals surface area contributed by atoms with Crippen LogP contribution >= 0.6 is 0 Å². The van der Waals surface area contributed by atoms with Crippen LogP contribution in [-0.2, 0) is 31.2 Å². The average Bonchev–Trinajstić information content (AvgIpc) is 2.51. The molecule has 1 fully saturated rings. The zero-order valence-corrected chi connectivity index (χ0v) is 12.8. The summed E-state index contributed by atoms with van der Waals surface area (Å²) in [5.41, 5.74) is 1.58. The summed E-state index contributed by atoms with van der Waals surface area (Å²) in [4.78, 5) is 12.0. The molecule has 0 N–H and O–H groups in total. The summed E-state index contributed by atoms with van der Waals surface area (Å²) in [6.45, 7) is 3.64. The highest BCUT2D eigenvalue weighted by Gasteiger charge is 2.56. The van der Waals surface area contributed by atoms with Crippen molar-refractivity contribution < 1.29 is 28.5 Å². The van der Waals surface area contributed by atoms with Gasteiger partial charge in [-0.15, -0.1) is 0 Å². The number of fused-ring (bicyclic) bond motifs is 2. The largest absolute Gasteiger partial charge is 0.496 e. The van der Waals surface area contributed by atoms with Crippen molar-refractivity contribution in [3.63, 3.8) is 0 Å². The lowest BCUT2D eigenvalue weighted by atomic mass is 9.78. The Morgan fingerprint density at radius 3 is 2.41 bits per heavy atom.